The Morgan fingerprint density at radius 3 is 2.67 bits per heavy atom. The number of tetrazole rings is 1. The fraction of sp³-hybridized carbons (Fsp3) is 0.0800. The Bertz CT molecular complexity index is 1560. The van der Waals surface area contributed by atoms with Crippen LogP contribution in [0.1, 0.15) is 16.1 Å². The molecule has 0 fully saturated rings. The number of ether oxygens (including phenoxy) is 1. The van der Waals surface area contributed by atoms with E-state index in [4.69, 9.17) is 16.3 Å². The smallest absolute Gasteiger partial charge is 0.272 e. The Morgan fingerprint density at radius 2 is 1.86 bits per heavy atom. The SMILES string of the molecule is COc1ccccc1CC(=O)Nc1cccc2cc(C(=O)Nc3ccc(Cl)cc3-c3nnn[nH]3)[nH]c12. The molecule has 36 heavy (non-hydrogen) atoms. The average molecular weight is 502 g/mol. The Balaban J connectivity index is 1.37. The number of benzene rings is 3. The van der Waals surface area contributed by atoms with Crippen molar-refractivity contribution < 1.29 is 14.3 Å². The van der Waals surface area contributed by atoms with Crippen molar-refractivity contribution in [2.24, 2.45) is 0 Å². The van der Waals surface area contributed by atoms with Crippen molar-refractivity contribution in [3.8, 4) is 17.1 Å². The van der Waals surface area contributed by atoms with Gasteiger partial charge in [0.1, 0.15) is 11.4 Å². The molecule has 11 heteroatoms. The van der Waals surface area contributed by atoms with E-state index in [1.807, 2.05) is 36.4 Å². The number of aromatic amines is 2. The van der Waals surface area contributed by atoms with E-state index in [-0.39, 0.29) is 18.2 Å². The molecule has 0 spiro atoms. The third kappa shape index (κ3) is 4.75. The monoisotopic (exact) mass is 501 g/mol. The maximum absolute atomic E-state index is 13.1. The van der Waals surface area contributed by atoms with Gasteiger partial charge in [-0.3, -0.25) is 9.59 Å². The molecule has 10 nitrogen and oxygen atoms in total. The number of carbonyl (C=O) groups is 2. The topological polar surface area (TPSA) is 138 Å². The summed E-state index contributed by atoms with van der Waals surface area (Å²) in [6.45, 7) is 0. The lowest BCUT2D eigenvalue weighted by molar-refractivity contribution is -0.115. The van der Waals surface area contributed by atoms with Crippen LogP contribution in [0.3, 0.4) is 0 Å². The van der Waals surface area contributed by atoms with Crippen molar-refractivity contribution in [3.63, 3.8) is 0 Å². The highest BCUT2D eigenvalue weighted by atomic mass is 35.5. The van der Waals surface area contributed by atoms with Gasteiger partial charge in [0.2, 0.25) is 5.91 Å². The van der Waals surface area contributed by atoms with Gasteiger partial charge in [-0.15, -0.1) is 5.10 Å². The molecule has 0 aliphatic rings. The number of carbonyl (C=O) groups excluding carboxylic acids is 2. The zero-order valence-corrected chi connectivity index (χ0v) is 19.8. The summed E-state index contributed by atoms with van der Waals surface area (Å²) in [7, 11) is 1.57. The summed E-state index contributed by atoms with van der Waals surface area (Å²) in [5.41, 5.74) is 3.30. The average Bonchev–Trinajstić information content (AvgIpc) is 3.56. The van der Waals surface area contributed by atoms with E-state index in [9.17, 15) is 9.59 Å². The molecule has 180 valence electrons. The van der Waals surface area contributed by atoms with Gasteiger partial charge in [-0.2, -0.15) is 0 Å². The number of para-hydroxylation sites is 2. The van der Waals surface area contributed by atoms with E-state index in [0.29, 0.717) is 44.7 Å². The highest BCUT2D eigenvalue weighted by molar-refractivity contribution is 6.31. The highest BCUT2D eigenvalue weighted by Gasteiger charge is 2.17. The lowest BCUT2D eigenvalue weighted by Gasteiger charge is -2.10. The first-order chi connectivity index (χ1) is 17.5. The molecule has 0 aliphatic heterocycles. The minimum absolute atomic E-state index is 0.143. The van der Waals surface area contributed by atoms with Crippen LogP contribution in [0.15, 0.2) is 66.7 Å². The van der Waals surface area contributed by atoms with Crippen molar-refractivity contribution >= 4 is 45.7 Å². The van der Waals surface area contributed by atoms with Crippen LogP contribution in [0.5, 0.6) is 5.75 Å². The predicted octanol–water partition coefficient (Wildman–Crippen LogP) is 4.44. The first-order valence-corrected chi connectivity index (χ1v) is 11.3. The van der Waals surface area contributed by atoms with Crippen LogP contribution in [-0.2, 0) is 11.2 Å². The maximum atomic E-state index is 13.1. The molecule has 2 amide bonds. The number of hydrogen-bond donors (Lipinski definition) is 4. The molecule has 2 heterocycles. The molecule has 0 saturated carbocycles. The molecule has 0 unspecified atom stereocenters. The third-order valence-electron chi connectivity index (χ3n) is 5.55. The molecule has 0 radical (unpaired) electrons. The minimum atomic E-state index is -0.381. The first-order valence-electron chi connectivity index (χ1n) is 10.9. The lowest BCUT2D eigenvalue weighted by Crippen LogP contribution is -2.15. The number of rotatable bonds is 7. The summed E-state index contributed by atoms with van der Waals surface area (Å²) in [6, 6.07) is 19.5. The Hall–Kier alpha value is -4.70. The maximum Gasteiger partial charge on any atom is 0.272 e. The van der Waals surface area contributed by atoms with Crippen molar-refractivity contribution in [1.29, 1.82) is 0 Å². The van der Waals surface area contributed by atoms with Crippen LogP contribution < -0.4 is 15.4 Å². The number of amides is 2. The zero-order chi connectivity index (χ0) is 25.1. The molecule has 5 rings (SSSR count). The third-order valence-corrected chi connectivity index (χ3v) is 5.78. The Labute approximate surface area is 210 Å². The molecular weight excluding hydrogens is 482 g/mol. The molecule has 0 atom stereocenters. The van der Waals surface area contributed by atoms with Crippen molar-refractivity contribution in [2.45, 2.75) is 6.42 Å². The summed E-state index contributed by atoms with van der Waals surface area (Å²) < 4.78 is 5.33. The van der Waals surface area contributed by atoms with Gasteiger partial charge in [0.25, 0.3) is 5.91 Å². The van der Waals surface area contributed by atoms with Crippen molar-refractivity contribution in [2.75, 3.05) is 17.7 Å². The number of anilines is 2. The fourth-order valence-corrected chi connectivity index (χ4v) is 4.06. The molecule has 0 aliphatic carbocycles. The van der Waals surface area contributed by atoms with Gasteiger partial charge in [-0.25, -0.2) is 5.10 Å². The number of nitrogens with zero attached hydrogens (tertiary/aromatic N) is 3. The number of H-pyrrole nitrogens is 2. The summed E-state index contributed by atoms with van der Waals surface area (Å²) in [6.07, 6.45) is 0.143. The molecule has 0 bridgehead atoms. The summed E-state index contributed by atoms with van der Waals surface area (Å²) in [4.78, 5) is 29.0. The Kier molecular flexibility index (Phi) is 6.33. The van der Waals surface area contributed by atoms with Gasteiger partial charge in [-0.05, 0) is 46.8 Å². The van der Waals surface area contributed by atoms with Gasteiger partial charge >= 0.3 is 0 Å². The second-order valence-corrected chi connectivity index (χ2v) is 8.32. The van der Waals surface area contributed by atoms with E-state index in [1.165, 1.54) is 0 Å². The summed E-state index contributed by atoms with van der Waals surface area (Å²) in [5, 5.41) is 20.8. The second kappa shape index (κ2) is 9.88. The lowest BCUT2D eigenvalue weighted by atomic mass is 10.1. The van der Waals surface area contributed by atoms with E-state index in [1.54, 1.807) is 37.4 Å². The molecule has 4 N–H and O–H groups in total. The van der Waals surface area contributed by atoms with Crippen LogP contribution in [-0.4, -0.2) is 44.5 Å². The summed E-state index contributed by atoms with van der Waals surface area (Å²) in [5.74, 6) is 0.421. The highest BCUT2D eigenvalue weighted by Crippen LogP contribution is 2.29. The van der Waals surface area contributed by atoms with Crippen LogP contribution in [0, 0.1) is 0 Å². The number of halogens is 1. The molecular formula is C25H20ClN7O3. The van der Waals surface area contributed by atoms with Crippen LogP contribution >= 0.6 is 11.6 Å². The number of nitrogens with one attached hydrogen (secondary N) is 4. The first kappa shape index (κ1) is 23.1. The molecule has 3 aromatic carbocycles. The van der Waals surface area contributed by atoms with Crippen LogP contribution in [0.2, 0.25) is 5.02 Å². The quantitative estimate of drug-likeness (QED) is 0.260. The normalized spacial score (nSPS) is 10.8. The van der Waals surface area contributed by atoms with Crippen LogP contribution in [0.25, 0.3) is 22.3 Å². The Morgan fingerprint density at radius 1 is 1.00 bits per heavy atom. The van der Waals surface area contributed by atoms with Gasteiger partial charge in [0, 0.05) is 21.5 Å². The van der Waals surface area contributed by atoms with Crippen molar-refractivity contribution in [1.82, 2.24) is 25.6 Å². The molecule has 5 aromatic rings. The number of aromatic nitrogens is 5. The largest absolute Gasteiger partial charge is 0.496 e. The van der Waals surface area contributed by atoms with Gasteiger partial charge in [0.15, 0.2) is 5.82 Å². The van der Waals surface area contributed by atoms with Crippen LogP contribution in [0.4, 0.5) is 11.4 Å². The van der Waals surface area contributed by atoms with Gasteiger partial charge in [-0.1, -0.05) is 41.9 Å². The zero-order valence-electron chi connectivity index (χ0n) is 19.0. The van der Waals surface area contributed by atoms with E-state index in [2.05, 4.69) is 36.2 Å². The molecule has 0 saturated heterocycles. The fourth-order valence-electron chi connectivity index (χ4n) is 3.88. The van der Waals surface area contributed by atoms with Crippen molar-refractivity contribution in [3.05, 3.63) is 83.0 Å². The standard InChI is InChI=1S/C25H20ClN7O3/c1-36-21-8-3-2-5-14(21)12-22(34)27-19-7-4-6-15-11-20(28-23(15)19)25(35)29-18-10-9-16(26)13-17(18)24-30-32-33-31-24/h2-11,13,28H,12H2,1H3,(H,27,34)(H,29,35)(H,30,31,32,33). The van der Waals surface area contributed by atoms with Gasteiger partial charge in [0.05, 0.1) is 30.4 Å². The van der Waals surface area contributed by atoms with E-state index in [0.717, 1.165) is 10.9 Å². The van der Waals surface area contributed by atoms with E-state index >= 15 is 0 Å². The summed E-state index contributed by atoms with van der Waals surface area (Å²) >= 11 is 6.12. The number of hydrogen-bond acceptors (Lipinski definition) is 6. The molecule has 2 aromatic heterocycles. The van der Waals surface area contributed by atoms with E-state index < -0.39 is 0 Å². The minimum Gasteiger partial charge on any atom is -0.496 e. The number of methoxy groups -OCH3 is 1. The number of fused-ring (bicyclic) bond motifs is 1. The second-order valence-electron chi connectivity index (χ2n) is 7.88. The predicted molar refractivity (Wildman–Crippen MR) is 136 cm³/mol. The van der Waals surface area contributed by atoms with Gasteiger partial charge < -0.3 is 20.4 Å².